The van der Waals surface area contributed by atoms with Gasteiger partial charge in [-0.2, -0.15) is 0 Å². The van der Waals surface area contributed by atoms with Crippen LogP contribution in [0.15, 0.2) is 89.5 Å². The SMILES string of the molecule is Brc1cccc(-c2nc(-c3cccc4ccccc34)c3cccnc3n2)c1. The maximum atomic E-state index is 4.96. The zero-order valence-electron chi connectivity index (χ0n) is 14.3. The molecule has 0 saturated carbocycles. The molecule has 4 heteroatoms. The number of hydrogen-bond acceptors (Lipinski definition) is 3. The molecule has 0 aliphatic carbocycles. The maximum absolute atomic E-state index is 4.96. The Morgan fingerprint density at radius 1 is 0.704 bits per heavy atom. The van der Waals surface area contributed by atoms with Crippen LogP contribution in [0.3, 0.4) is 0 Å². The zero-order chi connectivity index (χ0) is 18.2. The summed E-state index contributed by atoms with van der Waals surface area (Å²) in [7, 11) is 0. The fourth-order valence-electron chi connectivity index (χ4n) is 3.36. The highest BCUT2D eigenvalue weighted by Gasteiger charge is 2.14. The highest BCUT2D eigenvalue weighted by atomic mass is 79.9. The van der Waals surface area contributed by atoms with Crippen LogP contribution in [0, 0.1) is 0 Å². The third kappa shape index (κ3) is 2.88. The molecule has 0 aliphatic rings. The van der Waals surface area contributed by atoms with Crippen LogP contribution in [0.1, 0.15) is 0 Å². The number of benzene rings is 3. The number of rotatable bonds is 2. The van der Waals surface area contributed by atoms with Gasteiger partial charge in [0.25, 0.3) is 0 Å². The summed E-state index contributed by atoms with van der Waals surface area (Å²) < 4.78 is 0.997. The number of fused-ring (bicyclic) bond motifs is 2. The van der Waals surface area contributed by atoms with Crippen LogP contribution < -0.4 is 0 Å². The van der Waals surface area contributed by atoms with E-state index in [2.05, 4.69) is 63.4 Å². The van der Waals surface area contributed by atoms with E-state index in [1.54, 1.807) is 6.20 Å². The van der Waals surface area contributed by atoms with E-state index < -0.39 is 0 Å². The molecule has 0 amide bonds. The topological polar surface area (TPSA) is 38.7 Å². The Balaban J connectivity index is 1.86. The second kappa shape index (κ2) is 6.56. The van der Waals surface area contributed by atoms with Crippen molar-refractivity contribution in [1.82, 2.24) is 15.0 Å². The lowest BCUT2D eigenvalue weighted by atomic mass is 10.00. The van der Waals surface area contributed by atoms with E-state index in [4.69, 9.17) is 9.97 Å². The molecule has 2 heterocycles. The molecule has 2 aromatic heterocycles. The Morgan fingerprint density at radius 2 is 1.52 bits per heavy atom. The Morgan fingerprint density at radius 3 is 2.44 bits per heavy atom. The number of hydrogen-bond donors (Lipinski definition) is 0. The van der Waals surface area contributed by atoms with Gasteiger partial charge in [-0.1, -0.05) is 70.5 Å². The molecule has 0 aliphatic heterocycles. The quantitative estimate of drug-likeness (QED) is 0.343. The van der Waals surface area contributed by atoms with E-state index in [1.807, 2.05) is 36.4 Å². The van der Waals surface area contributed by atoms with Gasteiger partial charge in [-0.25, -0.2) is 15.0 Å². The van der Waals surface area contributed by atoms with Crippen molar-refractivity contribution < 1.29 is 0 Å². The van der Waals surface area contributed by atoms with Crippen molar-refractivity contribution in [2.75, 3.05) is 0 Å². The van der Waals surface area contributed by atoms with E-state index in [9.17, 15) is 0 Å². The summed E-state index contributed by atoms with van der Waals surface area (Å²) in [5.41, 5.74) is 3.65. The van der Waals surface area contributed by atoms with Crippen molar-refractivity contribution in [3.63, 3.8) is 0 Å². The Bertz CT molecular complexity index is 1290. The summed E-state index contributed by atoms with van der Waals surface area (Å²) in [6.07, 6.45) is 1.77. The summed E-state index contributed by atoms with van der Waals surface area (Å²) in [6.45, 7) is 0. The van der Waals surface area contributed by atoms with Crippen molar-refractivity contribution in [2.24, 2.45) is 0 Å². The predicted molar refractivity (Wildman–Crippen MR) is 113 cm³/mol. The summed E-state index contributed by atoms with van der Waals surface area (Å²) in [5, 5.41) is 3.31. The molecule has 0 atom stereocenters. The van der Waals surface area contributed by atoms with Crippen molar-refractivity contribution in [1.29, 1.82) is 0 Å². The minimum atomic E-state index is 0.672. The second-order valence-electron chi connectivity index (χ2n) is 6.31. The Kier molecular flexibility index (Phi) is 3.91. The van der Waals surface area contributed by atoms with Gasteiger partial charge in [-0.3, -0.25) is 0 Å². The number of aromatic nitrogens is 3. The van der Waals surface area contributed by atoms with Gasteiger partial charge in [-0.05, 0) is 35.0 Å². The standard InChI is InChI=1S/C23H14BrN3/c24-17-9-3-8-16(14-17)22-26-21(20-12-5-13-25-23(20)27-22)19-11-4-7-15-6-1-2-10-18(15)19/h1-14H. The minimum absolute atomic E-state index is 0.672. The molecule has 27 heavy (non-hydrogen) atoms. The fourth-order valence-corrected chi connectivity index (χ4v) is 3.76. The van der Waals surface area contributed by atoms with Crippen molar-refractivity contribution in [3.8, 4) is 22.6 Å². The molecule has 0 spiro atoms. The zero-order valence-corrected chi connectivity index (χ0v) is 15.9. The lowest BCUT2D eigenvalue weighted by Crippen LogP contribution is -1.97. The fraction of sp³-hybridized carbons (Fsp3) is 0. The molecule has 0 saturated heterocycles. The molecule has 5 aromatic rings. The van der Waals surface area contributed by atoms with Crippen molar-refractivity contribution >= 4 is 37.7 Å². The molecule has 5 rings (SSSR count). The highest BCUT2D eigenvalue weighted by Crippen LogP contribution is 2.33. The van der Waals surface area contributed by atoms with Gasteiger partial charge in [0, 0.05) is 27.2 Å². The van der Waals surface area contributed by atoms with Crippen LogP contribution in [-0.2, 0) is 0 Å². The normalized spacial score (nSPS) is 11.1. The largest absolute Gasteiger partial charge is 0.236 e. The first-order valence-corrected chi connectivity index (χ1v) is 9.46. The molecular formula is C23H14BrN3. The molecule has 0 bridgehead atoms. The molecule has 0 fully saturated rings. The summed E-state index contributed by atoms with van der Waals surface area (Å²) in [5.74, 6) is 0.672. The van der Waals surface area contributed by atoms with Gasteiger partial charge < -0.3 is 0 Å². The van der Waals surface area contributed by atoms with Crippen LogP contribution in [-0.4, -0.2) is 15.0 Å². The van der Waals surface area contributed by atoms with E-state index in [0.29, 0.717) is 11.5 Å². The van der Waals surface area contributed by atoms with Crippen molar-refractivity contribution in [2.45, 2.75) is 0 Å². The molecule has 0 radical (unpaired) electrons. The first kappa shape index (κ1) is 16.1. The van der Waals surface area contributed by atoms with E-state index in [-0.39, 0.29) is 0 Å². The van der Waals surface area contributed by atoms with Crippen LogP contribution in [0.25, 0.3) is 44.5 Å². The lowest BCUT2D eigenvalue weighted by Gasteiger charge is -2.11. The third-order valence-corrected chi connectivity index (χ3v) is 5.09. The van der Waals surface area contributed by atoms with Gasteiger partial charge in [-0.15, -0.1) is 0 Å². The monoisotopic (exact) mass is 411 g/mol. The second-order valence-corrected chi connectivity index (χ2v) is 7.22. The average Bonchev–Trinajstić information content (AvgIpc) is 2.72. The molecular weight excluding hydrogens is 398 g/mol. The Labute approximate surface area is 164 Å². The maximum Gasteiger partial charge on any atom is 0.163 e. The van der Waals surface area contributed by atoms with E-state index >= 15 is 0 Å². The third-order valence-electron chi connectivity index (χ3n) is 4.60. The van der Waals surface area contributed by atoms with E-state index in [0.717, 1.165) is 26.7 Å². The average molecular weight is 412 g/mol. The summed E-state index contributed by atoms with van der Waals surface area (Å²) >= 11 is 3.53. The smallest absolute Gasteiger partial charge is 0.163 e. The number of halogens is 1. The molecule has 0 unspecified atom stereocenters. The van der Waals surface area contributed by atoms with Gasteiger partial charge in [0.05, 0.1) is 5.69 Å². The van der Waals surface area contributed by atoms with Crippen molar-refractivity contribution in [3.05, 3.63) is 89.5 Å². The minimum Gasteiger partial charge on any atom is -0.236 e. The van der Waals surface area contributed by atoms with Gasteiger partial charge in [0.2, 0.25) is 0 Å². The van der Waals surface area contributed by atoms with Gasteiger partial charge in [0.1, 0.15) is 0 Å². The van der Waals surface area contributed by atoms with Crippen LogP contribution in [0.2, 0.25) is 0 Å². The Hall–Kier alpha value is -3.11. The molecule has 3 nitrogen and oxygen atoms in total. The lowest BCUT2D eigenvalue weighted by molar-refractivity contribution is 1.19. The first-order valence-electron chi connectivity index (χ1n) is 8.66. The molecule has 128 valence electrons. The number of pyridine rings is 1. The summed E-state index contributed by atoms with van der Waals surface area (Å²) in [4.78, 5) is 14.2. The highest BCUT2D eigenvalue weighted by molar-refractivity contribution is 9.10. The van der Waals surface area contributed by atoms with E-state index in [1.165, 1.54) is 10.8 Å². The molecule has 0 N–H and O–H groups in total. The van der Waals surface area contributed by atoms with Crippen LogP contribution in [0.5, 0.6) is 0 Å². The van der Waals surface area contributed by atoms with Crippen LogP contribution >= 0.6 is 15.9 Å². The number of nitrogens with zero attached hydrogens (tertiary/aromatic N) is 3. The van der Waals surface area contributed by atoms with Crippen LogP contribution in [0.4, 0.5) is 0 Å². The predicted octanol–water partition coefficient (Wildman–Crippen LogP) is 6.27. The first-order chi connectivity index (χ1) is 13.3. The van der Waals surface area contributed by atoms with Gasteiger partial charge >= 0.3 is 0 Å². The van der Waals surface area contributed by atoms with Gasteiger partial charge in [0.15, 0.2) is 11.5 Å². The molecule has 3 aromatic carbocycles. The summed E-state index contributed by atoms with van der Waals surface area (Å²) in [6, 6.07) is 26.7.